The molecule has 0 saturated carbocycles. The SMILES string of the molecule is CC(CO)(CO)C(C)(CO)CO.CC(CO)(CO)C(CO)CO.OCC(CO)C(CO)CO.OCCC(CCO)(CCO)CCO.OCCC(CCO)C(CO)CO.OCCC(CO)(CCO)CCO.OCCC(CO)(CO)CCO.OCCC(CO)(CO)CO.OCCC(CO)C(CCO)CCO.OCCC(CO)C(CO)CCO.OCCC(CO)C(CO)CO.OCCCC(CO)(CO)CO. The van der Waals surface area contributed by atoms with Gasteiger partial charge in [-0.3, -0.25) is 0 Å². The smallest absolute Gasteiger partial charge is 0.0532 e. The van der Waals surface area contributed by atoms with Crippen molar-refractivity contribution in [3.63, 3.8) is 0 Å². The van der Waals surface area contributed by atoms with Crippen LogP contribution in [0.15, 0.2) is 0 Å². The Morgan fingerprint density at radius 1 is 0.130 bits per heavy atom. The van der Waals surface area contributed by atoms with E-state index in [1.165, 1.54) is 0 Å². The van der Waals surface area contributed by atoms with Gasteiger partial charge in [0.15, 0.2) is 0 Å². The summed E-state index contributed by atoms with van der Waals surface area (Å²) in [6.45, 7) is -0.864. The summed E-state index contributed by atoms with van der Waals surface area (Å²) in [5, 5.41) is 420. The van der Waals surface area contributed by atoms with E-state index >= 15 is 0 Å². The molecule has 4 atom stereocenters. The van der Waals surface area contributed by atoms with Crippen molar-refractivity contribution in [1.29, 1.82) is 0 Å². The summed E-state index contributed by atoms with van der Waals surface area (Å²) in [6.07, 6.45) is 9.22. The van der Waals surface area contributed by atoms with E-state index in [2.05, 4.69) is 0 Å². The van der Waals surface area contributed by atoms with E-state index in [0.29, 0.717) is 122 Å². The second-order valence-corrected chi connectivity index (χ2v) is 35.2. The molecule has 0 aromatic rings. The molecule has 0 radical (unpaired) electrons. The van der Waals surface area contributed by atoms with Crippen LogP contribution in [0, 0.1) is 108 Å². The molecule has 48 nitrogen and oxygen atoms in total. The van der Waals surface area contributed by atoms with Crippen LogP contribution in [-0.4, -0.2) is 562 Å². The topological polar surface area (TPSA) is 971 Å². The van der Waals surface area contributed by atoms with E-state index in [-0.39, 0.29) is 376 Å². The van der Waals surface area contributed by atoms with Gasteiger partial charge >= 0.3 is 0 Å². The maximum Gasteiger partial charge on any atom is 0.0532 e. The van der Waals surface area contributed by atoms with Gasteiger partial charge in [-0.05, 0) is 175 Å². The van der Waals surface area contributed by atoms with Crippen LogP contribution < -0.4 is 0 Å². The molecule has 0 heterocycles. The summed E-state index contributed by atoms with van der Waals surface area (Å²) in [4.78, 5) is 0. The van der Waals surface area contributed by atoms with Crippen molar-refractivity contribution >= 4 is 0 Å². The highest BCUT2D eigenvalue weighted by Gasteiger charge is 2.43. The Hall–Kier alpha value is -1.92. The lowest BCUT2D eigenvalue weighted by Crippen LogP contribution is -2.48. The van der Waals surface area contributed by atoms with Crippen molar-refractivity contribution in [2.24, 2.45) is 108 Å². The predicted molar refractivity (Wildman–Crippen MR) is 507 cm³/mol. The molecular formula is C90H204O48. The van der Waals surface area contributed by atoms with E-state index in [0.717, 1.165) is 0 Å². The maximum absolute atomic E-state index is 9.04. The molecular weight excluding hydrogens is 1850 g/mol. The van der Waals surface area contributed by atoms with Gasteiger partial charge in [-0.1, -0.05) is 20.8 Å². The molecule has 48 N–H and O–H groups in total. The first kappa shape index (κ1) is 161. The molecule has 0 aliphatic heterocycles. The quantitative estimate of drug-likeness (QED) is 0.0269. The zero-order valence-corrected chi connectivity index (χ0v) is 82.9. The molecule has 0 amide bonds. The molecule has 0 aromatic carbocycles. The number of rotatable bonds is 75. The maximum atomic E-state index is 9.04. The largest absolute Gasteiger partial charge is 0.396 e. The zero-order valence-electron chi connectivity index (χ0n) is 82.9. The van der Waals surface area contributed by atoms with Crippen LogP contribution in [0.1, 0.15) is 149 Å². The third-order valence-electron chi connectivity index (χ3n) is 25.5. The van der Waals surface area contributed by atoms with Crippen LogP contribution in [-0.2, 0) is 0 Å². The van der Waals surface area contributed by atoms with Gasteiger partial charge in [0.25, 0.3) is 0 Å². The van der Waals surface area contributed by atoms with Crippen LogP contribution in [0.25, 0.3) is 0 Å². The summed E-state index contributed by atoms with van der Waals surface area (Å²) in [7, 11) is 0. The van der Waals surface area contributed by atoms with Gasteiger partial charge in [-0.25, -0.2) is 0 Å². The van der Waals surface area contributed by atoms with Crippen molar-refractivity contribution < 1.29 is 245 Å². The van der Waals surface area contributed by atoms with Crippen molar-refractivity contribution in [1.82, 2.24) is 0 Å². The van der Waals surface area contributed by atoms with E-state index in [1.807, 2.05) is 0 Å². The fourth-order valence-electron chi connectivity index (χ4n) is 13.0. The normalized spacial score (nSPS) is 12.7. The first-order chi connectivity index (χ1) is 65.8. The molecule has 0 saturated heterocycles. The first-order valence-electron chi connectivity index (χ1n) is 47.1. The van der Waals surface area contributed by atoms with Crippen LogP contribution in [0.2, 0.25) is 0 Å². The lowest BCUT2D eigenvalue weighted by atomic mass is 9.67. The molecule has 0 bridgehead atoms. The molecule has 48 heteroatoms. The van der Waals surface area contributed by atoms with Crippen LogP contribution in [0.5, 0.6) is 0 Å². The van der Waals surface area contributed by atoms with Crippen molar-refractivity contribution in [3.8, 4) is 0 Å². The third-order valence-corrected chi connectivity index (χ3v) is 25.5. The molecule has 0 spiro atoms. The van der Waals surface area contributed by atoms with Gasteiger partial charge in [0.1, 0.15) is 0 Å². The predicted octanol–water partition coefficient (Wildman–Crippen LogP) is -14.0. The Labute approximate surface area is 816 Å². The summed E-state index contributed by atoms with van der Waals surface area (Å²) in [5.41, 5.74) is -5.72. The van der Waals surface area contributed by atoms with Crippen molar-refractivity contribution in [2.45, 2.75) is 149 Å². The Morgan fingerprint density at radius 2 is 0.290 bits per heavy atom. The van der Waals surface area contributed by atoms with Gasteiger partial charge in [-0.2, -0.15) is 0 Å². The second-order valence-electron chi connectivity index (χ2n) is 35.2. The summed E-state index contributed by atoms with van der Waals surface area (Å²) in [6, 6.07) is 0. The highest BCUT2D eigenvalue weighted by Crippen LogP contribution is 2.38. The van der Waals surface area contributed by atoms with Gasteiger partial charge < -0.3 is 245 Å². The van der Waals surface area contributed by atoms with E-state index in [9.17, 15) is 0 Å². The lowest BCUT2D eigenvalue weighted by Gasteiger charge is -2.41. The lowest BCUT2D eigenvalue weighted by molar-refractivity contribution is -0.0913. The summed E-state index contributed by atoms with van der Waals surface area (Å²) < 4.78 is 0. The molecule has 0 aliphatic rings. The average molecular weight is 2050 g/mol. The first-order valence-corrected chi connectivity index (χ1v) is 47.1. The minimum atomic E-state index is -0.908. The Kier molecular flexibility index (Phi) is 131. The number of hydrogen-bond donors (Lipinski definition) is 48. The van der Waals surface area contributed by atoms with Crippen molar-refractivity contribution in [2.75, 3.05) is 317 Å². The third kappa shape index (κ3) is 77.5. The Bertz CT molecular complexity index is 2090. The fourth-order valence-corrected chi connectivity index (χ4v) is 13.0. The summed E-state index contributed by atoms with van der Waals surface area (Å²) in [5.74, 6) is -2.11. The number of hydrogen-bond acceptors (Lipinski definition) is 48. The minimum absolute atomic E-state index is 0.00519. The summed E-state index contributed by atoms with van der Waals surface area (Å²) >= 11 is 0. The molecule has 0 fully saturated rings. The Balaban J connectivity index is -0.000000126. The highest BCUT2D eigenvalue weighted by atomic mass is 16.4. The highest BCUT2D eigenvalue weighted by molar-refractivity contribution is 4.91. The Morgan fingerprint density at radius 3 is 0.449 bits per heavy atom. The average Bonchev–Trinajstić information content (AvgIpc) is 0.806. The van der Waals surface area contributed by atoms with E-state index in [4.69, 9.17) is 245 Å². The van der Waals surface area contributed by atoms with Gasteiger partial charge in [-0.15, -0.1) is 0 Å². The van der Waals surface area contributed by atoms with E-state index < -0.39 is 55.7 Å². The van der Waals surface area contributed by atoms with Crippen LogP contribution in [0.4, 0.5) is 0 Å². The van der Waals surface area contributed by atoms with Crippen LogP contribution in [0.3, 0.4) is 0 Å². The molecule has 4 unspecified atom stereocenters. The van der Waals surface area contributed by atoms with Crippen LogP contribution >= 0.6 is 0 Å². The van der Waals surface area contributed by atoms with Gasteiger partial charge in [0.05, 0.1) is 92.5 Å². The molecule has 138 heavy (non-hydrogen) atoms. The standard InChI is InChI=1S/2C9H20O4.4C8H18O4.4C7H16O4.2C6H14O4/c10-5-1-9(2-6-11,3-7-12)4-8-13;10-4-1-8(2-5-11)9(7-13)3-6-12;1-7(3-9,4-10)8(2,5-11)6-12;9-4-1-8(7-12,2-5-10)3-6-11;9-3-1-7(5-11)8(6-12)2-4-10;9-3-1-7(2-4-10)8(5-11)6-12;1-7(4-10,5-11)6(2-8)3-9;8-3-1-7(5-10,6-11)2-4-9;8-2-1-6(3-9)7(4-10)5-11;8-3-1-2-7(4-9,5-10)6-11;7-1-5(2-8)6(3-9)4-10;7-2-1-6(3-8,4-9)5-10/h10-13H,1-8H2;8-13H,1-7H2;9-12H,3-6H2,1-2H3;9-12H,1-7H2;2*7-12H,1-6H2;6,8-11H,2-5H2,1H3;8-11H,1-6H2;6-11H,1-5H2;8-11H,1-6H2;5-10H,1-4H2;7-10H,1-5H2. The molecule has 0 rings (SSSR count). The zero-order chi connectivity index (χ0) is 109. The van der Waals surface area contributed by atoms with E-state index in [1.54, 1.807) is 20.8 Å². The van der Waals surface area contributed by atoms with Gasteiger partial charge in [0.2, 0.25) is 0 Å². The minimum Gasteiger partial charge on any atom is -0.396 e. The number of aliphatic hydroxyl groups is 48. The van der Waals surface area contributed by atoms with Crippen molar-refractivity contribution in [3.05, 3.63) is 0 Å². The molecule has 0 aromatic heterocycles. The monoisotopic (exact) mass is 2050 g/mol. The number of aliphatic hydroxyl groups excluding tert-OH is 48. The second kappa shape index (κ2) is 112. The fraction of sp³-hybridized carbons (Fsp3) is 1.00. The van der Waals surface area contributed by atoms with Gasteiger partial charge in [0, 0.05) is 287 Å². The molecule has 852 valence electrons. The molecule has 0 aliphatic carbocycles.